The Hall–Kier alpha value is -1.77. The number of hydrogen-bond acceptors (Lipinski definition) is 5. The van der Waals surface area contributed by atoms with Crippen molar-refractivity contribution in [2.75, 3.05) is 13.7 Å². The molecule has 2 aliphatic rings. The number of ether oxygens (including phenoxy) is 1. The first kappa shape index (κ1) is 21.5. The van der Waals surface area contributed by atoms with Crippen LogP contribution in [0.2, 0.25) is 0 Å². The van der Waals surface area contributed by atoms with Gasteiger partial charge in [0, 0.05) is 12.5 Å². The van der Waals surface area contributed by atoms with Crippen molar-refractivity contribution in [3.8, 4) is 0 Å². The minimum Gasteiger partial charge on any atom is -0.453 e. The third kappa shape index (κ3) is 6.71. The smallest absolute Gasteiger partial charge is 0.407 e. The van der Waals surface area contributed by atoms with E-state index in [9.17, 15) is 19.2 Å². The predicted octanol–water partition coefficient (Wildman–Crippen LogP) is 1.15. The molecule has 1 saturated carbocycles. The lowest BCUT2D eigenvalue weighted by Crippen LogP contribution is -2.52. The van der Waals surface area contributed by atoms with Crippen LogP contribution in [0.3, 0.4) is 0 Å². The average molecular weight is 400 g/mol. The summed E-state index contributed by atoms with van der Waals surface area (Å²) < 4.78 is 4.63. The van der Waals surface area contributed by atoms with Crippen LogP contribution in [0.25, 0.3) is 0 Å². The summed E-state index contributed by atoms with van der Waals surface area (Å²) in [6, 6.07) is -1.66. The number of alkyl carbamates (subject to hydrolysis) is 1. The molecule has 0 aromatic heterocycles. The van der Waals surface area contributed by atoms with Crippen LogP contribution < -0.4 is 16.0 Å². The standard InChI is InChI=1S/C18H29N3O5S/c1-26-18(25)21-13(9-11-5-3-2-4-6-11)16(23)20-14(17(24)27)10-12-7-8-19-15(12)22/h11-14H,2-10H2,1H3,(H,19,22)(H,20,23)(H,21,25)(H,24,27)/t12-,13-,14-/m0/s1. The van der Waals surface area contributed by atoms with Crippen LogP contribution in [0.4, 0.5) is 4.79 Å². The summed E-state index contributed by atoms with van der Waals surface area (Å²) in [5.74, 6) is -0.541. The minimum absolute atomic E-state index is 0.115. The number of carbonyl (C=O) groups excluding carboxylic acids is 4. The van der Waals surface area contributed by atoms with Crippen molar-refractivity contribution in [1.29, 1.82) is 0 Å². The molecule has 9 heteroatoms. The van der Waals surface area contributed by atoms with Crippen molar-refractivity contribution in [3.05, 3.63) is 0 Å². The fraction of sp³-hybridized carbons (Fsp3) is 0.778. The van der Waals surface area contributed by atoms with E-state index in [2.05, 4.69) is 33.3 Å². The normalized spacial score (nSPS) is 22.4. The summed E-state index contributed by atoms with van der Waals surface area (Å²) in [5.41, 5.74) is 0. The third-order valence-corrected chi connectivity index (χ3v) is 5.70. The van der Waals surface area contributed by atoms with E-state index >= 15 is 0 Å². The van der Waals surface area contributed by atoms with E-state index in [0.29, 0.717) is 25.3 Å². The highest BCUT2D eigenvalue weighted by atomic mass is 32.1. The van der Waals surface area contributed by atoms with E-state index in [0.717, 1.165) is 25.7 Å². The zero-order chi connectivity index (χ0) is 19.8. The van der Waals surface area contributed by atoms with E-state index in [1.165, 1.54) is 13.5 Å². The number of methoxy groups -OCH3 is 1. The number of thiol groups is 1. The van der Waals surface area contributed by atoms with Crippen molar-refractivity contribution in [2.24, 2.45) is 11.8 Å². The average Bonchev–Trinajstić information content (AvgIpc) is 3.05. The molecule has 0 radical (unpaired) electrons. The Morgan fingerprint density at radius 3 is 2.37 bits per heavy atom. The van der Waals surface area contributed by atoms with Gasteiger partial charge in [0.05, 0.1) is 13.2 Å². The van der Waals surface area contributed by atoms with Gasteiger partial charge in [-0.1, -0.05) is 32.1 Å². The molecule has 0 aromatic rings. The van der Waals surface area contributed by atoms with Gasteiger partial charge in [0.25, 0.3) is 0 Å². The largest absolute Gasteiger partial charge is 0.453 e. The Kier molecular flexibility index (Phi) is 8.40. The summed E-state index contributed by atoms with van der Waals surface area (Å²) in [7, 11) is 1.24. The second-order valence-corrected chi connectivity index (χ2v) is 7.78. The fourth-order valence-corrected chi connectivity index (χ4v) is 4.01. The van der Waals surface area contributed by atoms with Crippen LogP contribution in [0.1, 0.15) is 51.4 Å². The SMILES string of the molecule is COC(=O)N[C@@H](CC1CCCCC1)C(=O)N[C@@H](C[C@@H]1CCNC1=O)C(=O)S. The molecule has 1 aliphatic carbocycles. The number of amides is 3. The highest BCUT2D eigenvalue weighted by molar-refractivity contribution is 7.96. The van der Waals surface area contributed by atoms with Gasteiger partial charge in [-0.15, -0.1) is 12.6 Å². The van der Waals surface area contributed by atoms with Gasteiger partial charge in [0.2, 0.25) is 16.9 Å². The molecule has 3 atom stereocenters. The summed E-state index contributed by atoms with van der Waals surface area (Å²) in [4.78, 5) is 48.1. The molecule has 2 rings (SSSR count). The van der Waals surface area contributed by atoms with E-state index < -0.39 is 29.2 Å². The Balaban J connectivity index is 2.00. The van der Waals surface area contributed by atoms with Crippen LogP contribution in [-0.4, -0.2) is 48.8 Å². The van der Waals surface area contributed by atoms with Crippen LogP contribution in [0.15, 0.2) is 0 Å². The molecular weight excluding hydrogens is 370 g/mol. The van der Waals surface area contributed by atoms with Gasteiger partial charge in [0.1, 0.15) is 6.04 Å². The Bertz CT molecular complexity index is 565. The van der Waals surface area contributed by atoms with Gasteiger partial charge in [-0.3, -0.25) is 14.4 Å². The van der Waals surface area contributed by atoms with Gasteiger partial charge >= 0.3 is 6.09 Å². The predicted molar refractivity (Wildman–Crippen MR) is 102 cm³/mol. The Labute approximate surface area is 164 Å². The van der Waals surface area contributed by atoms with Crippen molar-refractivity contribution >= 4 is 35.7 Å². The first-order valence-electron chi connectivity index (χ1n) is 9.56. The minimum atomic E-state index is -0.872. The summed E-state index contributed by atoms with van der Waals surface area (Å²) in [6.07, 6.45) is 6.10. The van der Waals surface area contributed by atoms with Crippen molar-refractivity contribution in [3.63, 3.8) is 0 Å². The quantitative estimate of drug-likeness (QED) is 0.457. The Morgan fingerprint density at radius 1 is 1.11 bits per heavy atom. The lowest BCUT2D eigenvalue weighted by atomic mass is 9.84. The lowest BCUT2D eigenvalue weighted by molar-refractivity contribution is -0.128. The Morgan fingerprint density at radius 2 is 1.81 bits per heavy atom. The van der Waals surface area contributed by atoms with Crippen LogP contribution in [0.5, 0.6) is 0 Å². The van der Waals surface area contributed by atoms with Gasteiger partial charge in [-0.05, 0) is 25.2 Å². The maximum Gasteiger partial charge on any atom is 0.407 e. The molecule has 1 saturated heterocycles. The van der Waals surface area contributed by atoms with Crippen molar-refractivity contribution in [2.45, 2.75) is 63.5 Å². The first-order chi connectivity index (χ1) is 12.9. The molecular formula is C18H29N3O5S. The molecule has 8 nitrogen and oxygen atoms in total. The molecule has 0 bridgehead atoms. The number of hydrogen-bond donors (Lipinski definition) is 4. The number of nitrogens with one attached hydrogen (secondary N) is 3. The zero-order valence-corrected chi connectivity index (χ0v) is 16.6. The summed E-state index contributed by atoms with van der Waals surface area (Å²) >= 11 is 3.86. The molecule has 1 aliphatic heterocycles. The van der Waals surface area contributed by atoms with Gasteiger partial charge < -0.3 is 20.7 Å². The van der Waals surface area contributed by atoms with Gasteiger partial charge in [-0.2, -0.15) is 0 Å². The lowest BCUT2D eigenvalue weighted by Gasteiger charge is -2.27. The summed E-state index contributed by atoms with van der Waals surface area (Å²) in [6.45, 7) is 0.569. The molecule has 2 fully saturated rings. The molecule has 3 amide bonds. The monoisotopic (exact) mass is 399 g/mol. The van der Waals surface area contributed by atoms with E-state index in [4.69, 9.17) is 0 Å². The molecule has 0 spiro atoms. The topological polar surface area (TPSA) is 114 Å². The molecule has 0 aromatic carbocycles. The molecule has 1 heterocycles. The first-order valence-corrected chi connectivity index (χ1v) is 10.0. The summed E-state index contributed by atoms with van der Waals surface area (Å²) in [5, 5.41) is 7.45. The van der Waals surface area contributed by atoms with Crippen LogP contribution >= 0.6 is 12.6 Å². The molecule has 0 unspecified atom stereocenters. The van der Waals surface area contributed by atoms with Crippen LogP contribution in [0, 0.1) is 11.8 Å². The van der Waals surface area contributed by atoms with Crippen molar-refractivity contribution in [1.82, 2.24) is 16.0 Å². The highest BCUT2D eigenvalue weighted by Gasteiger charge is 2.33. The molecule has 27 heavy (non-hydrogen) atoms. The van der Waals surface area contributed by atoms with E-state index in [1.807, 2.05) is 0 Å². The van der Waals surface area contributed by atoms with Gasteiger partial charge in [0.15, 0.2) is 0 Å². The highest BCUT2D eigenvalue weighted by Crippen LogP contribution is 2.27. The number of rotatable bonds is 8. The molecule has 3 N–H and O–H groups in total. The fourth-order valence-electron chi connectivity index (χ4n) is 3.84. The third-order valence-electron chi connectivity index (χ3n) is 5.39. The van der Waals surface area contributed by atoms with Crippen LogP contribution in [-0.2, 0) is 19.1 Å². The maximum absolute atomic E-state index is 12.8. The zero-order valence-electron chi connectivity index (χ0n) is 15.7. The van der Waals surface area contributed by atoms with E-state index in [1.54, 1.807) is 0 Å². The van der Waals surface area contributed by atoms with Gasteiger partial charge in [-0.25, -0.2) is 4.79 Å². The number of carbonyl (C=O) groups is 4. The second-order valence-electron chi connectivity index (χ2n) is 7.34. The maximum atomic E-state index is 12.8. The molecule has 152 valence electrons. The second kappa shape index (κ2) is 10.5. The van der Waals surface area contributed by atoms with Crippen molar-refractivity contribution < 1.29 is 23.9 Å². The van der Waals surface area contributed by atoms with E-state index in [-0.39, 0.29) is 18.2 Å².